The molecule has 1 aromatic heterocycles. The van der Waals surface area contributed by atoms with Gasteiger partial charge in [0.1, 0.15) is 12.4 Å². The van der Waals surface area contributed by atoms with Gasteiger partial charge in [-0.05, 0) is 66.1 Å². The maximum atomic E-state index is 13.3. The summed E-state index contributed by atoms with van der Waals surface area (Å²) in [5.74, 6) is 1.76. The highest BCUT2D eigenvalue weighted by Crippen LogP contribution is 2.29. The summed E-state index contributed by atoms with van der Waals surface area (Å²) in [6, 6.07) is 16.3. The number of hydrogen-bond donors (Lipinski definition) is 0. The van der Waals surface area contributed by atoms with E-state index in [0.717, 1.165) is 22.0 Å². The van der Waals surface area contributed by atoms with Crippen molar-refractivity contribution >= 4 is 56.2 Å². The Morgan fingerprint density at radius 2 is 1.89 bits per heavy atom. The van der Waals surface area contributed by atoms with Crippen LogP contribution in [0.1, 0.15) is 43.1 Å². The largest absolute Gasteiger partial charge is 0.493 e. The van der Waals surface area contributed by atoms with E-state index in [-0.39, 0.29) is 11.5 Å². The van der Waals surface area contributed by atoms with Gasteiger partial charge in [-0.3, -0.25) is 4.79 Å². The third-order valence-corrected chi connectivity index (χ3v) is 7.01. The quantitative estimate of drug-likeness (QED) is 0.200. The second-order valence-electron chi connectivity index (χ2n) is 8.25. The van der Waals surface area contributed by atoms with Crippen LogP contribution in [-0.4, -0.2) is 23.0 Å². The topological polar surface area (TPSA) is 65.7 Å². The highest BCUT2D eigenvalue weighted by molar-refractivity contribution is 9.10. The number of hydrogen-bond acceptors (Lipinski definition) is 5. The van der Waals surface area contributed by atoms with Crippen LogP contribution in [0.25, 0.3) is 10.9 Å². The van der Waals surface area contributed by atoms with Crippen molar-refractivity contribution in [2.75, 3.05) is 7.11 Å². The van der Waals surface area contributed by atoms with Gasteiger partial charge in [-0.1, -0.05) is 59.0 Å². The van der Waals surface area contributed by atoms with Gasteiger partial charge in [-0.15, -0.1) is 0 Å². The van der Waals surface area contributed by atoms with Gasteiger partial charge in [0.15, 0.2) is 11.5 Å². The van der Waals surface area contributed by atoms with E-state index in [0.29, 0.717) is 44.9 Å². The van der Waals surface area contributed by atoms with E-state index in [1.54, 1.807) is 43.7 Å². The lowest BCUT2D eigenvalue weighted by Gasteiger charge is -2.14. The molecule has 4 aromatic rings. The molecule has 0 radical (unpaired) electrons. The molecular formula is C27H24BrCl2N3O3. The molecule has 0 bridgehead atoms. The van der Waals surface area contributed by atoms with Gasteiger partial charge in [-0.25, -0.2) is 4.98 Å². The molecule has 0 saturated carbocycles. The van der Waals surface area contributed by atoms with Crippen molar-refractivity contribution in [1.29, 1.82) is 0 Å². The second kappa shape index (κ2) is 11.5. The standard InChI is InChI=1S/C27H24BrCl2N3O3/c1-4-16(2)26-32-23-9-7-19(28)13-20(23)27(34)33(26)31-14-17-6-10-24(25(12-17)35-3)36-15-18-5-8-21(29)22(30)11-18/h5-14,16H,4,15H2,1-3H3/t16-/m1/s1. The van der Waals surface area contributed by atoms with Crippen LogP contribution in [0.2, 0.25) is 10.0 Å². The predicted molar refractivity (Wildman–Crippen MR) is 149 cm³/mol. The lowest BCUT2D eigenvalue weighted by Crippen LogP contribution is -2.23. The first-order valence-corrected chi connectivity index (χ1v) is 12.9. The summed E-state index contributed by atoms with van der Waals surface area (Å²) in [6.45, 7) is 4.38. The molecule has 3 aromatic carbocycles. The van der Waals surface area contributed by atoms with Crippen molar-refractivity contribution in [1.82, 2.24) is 9.66 Å². The van der Waals surface area contributed by atoms with Crippen LogP contribution >= 0.6 is 39.1 Å². The van der Waals surface area contributed by atoms with E-state index in [1.165, 1.54) is 4.68 Å². The van der Waals surface area contributed by atoms with E-state index >= 15 is 0 Å². The van der Waals surface area contributed by atoms with E-state index in [1.807, 2.05) is 31.2 Å². The Labute approximate surface area is 227 Å². The summed E-state index contributed by atoms with van der Waals surface area (Å²) in [5.41, 5.74) is 2.05. The highest BCUT2D eigenvalue weighted by atomic mass is 79.9. The van der Waals surface area contributed by atoms with E-state index in [4.69, 9.17) is 37.7 Å². The van der Waals surface area contributed by atoms with Crippen LogP contribution in [0.15, 0.2) is 69.0 Å². The highest BCUT2D eigenvalue weighted by Gasteiger charge is 2.16. The van der Waals surface area contributed by atoms with E-state index in [9.17, 15) is 4.79 Å². The van der Waals surface area contributed by atoms with Gasteiger partial charge in [-0.2, -0.15) is 9.78 Å². The van der Waals surface area contributed by atoms with Crippen LogP contribution in [0.5, 0.6) is 11.5 Å². The zero-order valence-electron chi connectivity index (χ0n) is 20.0. The Morgan fingerprint density at radius 3 is 2.61 bits per heavy atom. The van der Waals surface area contributed by atoms with Gasteiger partial charge in [0, 0.05) is 10.4 Å². The van der Waals surface area contributed by atoms with Crippen molar-refractivity contribution in [2.45, 2.75) is 32.8 Å². The fraction of sp³-hybridized carbons (Fsp3) is 0.222. The third-order valence-electron chi connectivity index (χ3n) is 5.77. The van der Waals surface area contributed by atoms with Gasteiger partial charge >= 0.3 is 0 Å². The number of ether oxygens (including phenoxy) is 2. The molecule has 0 saturated heterocycles. The van der Waals surface area contributed by atoms with E-state index in [2.05, 4.69) is 28.0 Å². The molecule has 0 unspecified atom stereocenters. The summed E-state index contributed by atoms with van der Waals surface area (Å²) in [4.78, 5) is 18.0. The number of nitrogens with zero attached hydrogens (tertiary/aromatic N) is 3. The SMILES string of the molecule is CC[C@@H](C)c1nc2ccc(Br)cc2c(=O)n1N=Cc1ccc(OCc2ccc(Cl)c(Cl)c2)c(OC)c1. The smallest absolute Gasteiger partial charge is 0.282 e. The Hall–Kier alpha value is -2.87. The minimum Gasteiger partial charge on any atom is -0.493 e. The number of rotatable bonds is 8. The first kappa shape index (κ1) is 26.2. The third kappa shape index (κ3) is 5.75. The number of fused-ring (bicyclic) bond motifs is 1. The molecule has 0 amide bonds. The van der Waals surface area contributed by atoms with Crippen LogP contribution in [0, 0.1) is 0 Å². The monoisotopic (exact) mass is 587 g/mol. The summed E-state index contributed by atoms with van der Waals surface area (Å²) >= 11 is 15.5. The number of halogens is 3. The van der Waals surface area contributed by atoms with Crippen molar-refractivity contribution < 1.29 is 9.47 Å². The lowest BCUT2D eigenvalue weighted by molar-refractivity contribution is 0.284. The number of aromatic nitrogens is 2. The molecule has 0 fully saturated rings. The molecule has 0 spiro atoms. The molecule has 0 N–H and O–H groups in total. The first-order chi connectivity index (χ1) is 17.3. The average molecular weight is 589 g/mol. The molecule has 1 atom stereocenters. The van der Waals surface area contributed by atoms with Gasteiger partial charge in [0.25, 0.3) is 5.56 Å². The van der Waals surface area contributed by atoms with Gasteiger partial charge in [0.2, 0.25) is 0 Å². The van der Waals surface area contributed by atoms with Crippen LogP contribution in [-0.2, 0) is 6.61 Å². The van der Waals surface area contributed by atoms with Gasteiger partial charge < -0.3 is 9.47 Å². The zero-order chi connectivity index (χ0) is 25.8. The summed E-state index contributed by atoms with van der Waals surface area (Å²) < 4.78 is 13.6. The molecule has 36 heavy (non-hydrogen) atoms. The first-order valence-electron chi connectivity index (χ1n) is 11.3. The molecule has 9 heteroatoms. The fourth-order valence-corrected chi connectivity index (χ4v) is 4.26. The van der Waals surface area contributed by atoms with Crippen LogP contribution < -0.4 is 15.0 Å². The summed E-state index contributed by atoms with van der Waals surface area (Å²) in [5, 5.41) is 5.98. The minimum atomic E-state index is -0.221. The normalized spacial score (nSPS) is 12.3. The van der Waals surface area contributed by atoms with Crippen LogP contribution in [0.3, 0.4) is 0 Å². The van der Waals surface area contributed by atoms with Crippen molar-refractivity contribution in [3.8, 4) is 11.5 Å². The molecule has 1 heterocycles. The van der Waals surface area contributed by atoms with Crippen molar-refractivity contribution in [2.24, 2.45) is 5.10 Å². The second-order valence-corrected chi connectivity index (χ2v) is 9.98. The van der Waals surface area contributed by atoms with Crippen molar-refractivity contribution in [3.05, 3.63) is 96.4 Å². The maximum Gasteiger partial charge on any atom is 0.282 e. The number of benzene rings is 3. The summed E-state index contributed by atoms with van der Waals surface area (Å²) in [7, 11) is 1.57. The fourth-order valence-electron chi connectivity index (χ4n) is 3.58. The summed E-state index contributed by atoms with van der Waals surface area (Å²) in [6.07, 6.45) is 2.44. The Bertz CT molecular complexity index is 1500. The zero-order valence-corrected chi connectivity index (χ0v) is 23.1. The minimum absolute atomic E-state index is 0.0505. The lowest BCUT2D eigenvalue weighted by atomic mass is 10.1. The molecule has 0 aliphatic rings. The number of methoxy groups -OCH3 is 1. The van der Waals surface area contributed by atoms with Crippen molar-refractivity contribution in [3.63, 3.8) is 0 Å². The molecule has 0 aliphatic heterocycles. The molecule has 0 aliphatic carbocycles. The maximum absolute atomic E-state index is 13.3. The Morgan fingerprint density at radius 1 is 1.08 bits per heavy atom. The van der Waals surface area contributed by atoms with Gasteiger partial charge in [0.05, 0.1) is 34.3 Å². The average Bonchev–Trinajstić information content (AvgIpc) is 2.88. The Balaban J connectivity index is 1.64. The molecular weight excluding hydrogens is 565 g/mol. The molecule has 186 valence electrons. The molecule has 4 rings (SSSR count). The Kier molecular flexibility index (Phi) is 8.34. The molecule has 6 nitrogen and oxygen atoms in total. The van der Waals surface area contributed by atoms with Crippen LogP contribution in [0.4, 0.5) is 0 Å². The van der Waals surface area contributed by atoms with E-state index < -0.39 is 0 Å². The predicted octanol–water partition coefficient (Wildman–Crippen LogP) is 7.45.